The summed E-state index contributed by atoms with van der Waals surface area (Å²) in [7, 11) is 0. The van der Waals surface area contributed by atoms with Crippen LogP contribution in [0.25, 0.3) is 0 Å². The molecule has 160 valence electrons. The fraction of sp³-hybridized carbons (Fsp3) is 0.556. The molecule has 0 aromatic carbocycles. The van der Waals surface area contributed by atoms with Crippen LogP contribution in [0, 0.1) is 0 Å². The molecule has 0 aromatic rings. The van der Waals surface area contributed by atoms with E-state index in [4.69, 9.17) is 0 Å². The third kappa shape index (κ3) is 11.8. The average molecular weight is 395 g/mol. The van der Waals surface area contributed by atoms with Crippen molar-refractivity contribution in [3.8, 4) is 0 Å². The maximum absolute atomic E-state index is 3.68. The summed E-state index contributed by atoms with van der Waals surface area (Å²) in [5, 5.41) is 0. The van der Waals surface area contributed by atoms with Gasteiger partial charge in [-0.1, -0.05) is 131 Å². The molecule has 2 N–H and O–H groups in total. The minimum Gasteiger partial charge on any atom is -0.254 e. The quantitative estimate of drug-likeness (QED) is 0.490. The van der Waals surface area contributed by atoms with E-state index in [0.717, 1.165) is 0 Å². The van der Waals surface area contributed by atoms with Crippen molar-refractivity contribution in [1.29, 1.82) is 0 Å². The second-order valence-corrected chi connectivity index (χ2v) is 8.39. The van der Waals surface area contributed by atoms with E-state index in [1.54, 1.807) is 0 Å². The van der Waals surface area contributed by atoms with Gasteiger partial charge in [0.15, 0.2) is 0 Å². The Hall–Kier alpha value is -1.64. The van der Waals surface area contributed by atoms with E-state index in [-0.39, 0.29) is 6.04 Å². The van der Waals surface area contributed by atoms with Crippen LogP contribution >= 0.6 is 0 Å². The van der Waals surface area contributed by atoms with Gasteiger partial charge >= 0.3 is 0 Å². The van der Waals surface area contributed by atoms with Gasteiger partial charge in [0.2, 0.25) is 0 Å². The van der Waals surface area contributed by atoms with E-state index in [2.05, 4.69) is 78.5 Å². The molecule has 29 heavy (non-hydrogen) atoms. The van der Waals surface area contributed by atoms with Gasteiger partial charge < -0.3 is 0 Å². The Bertz CT molecular complexity index is 578. The highest BCUT2D eigenvalue weighted by Gasteiger charge is 2.11. The number of rotatable bonds is 4. The first-order chi connectivity index (χ1) is 14.4. The number of nitrogens with one attached hydrogen (secondary N) is 2. The summed E-state index contributed by atoms with van der Waals surface area (Å²) in [6.07, 6.45) is 39.7. The summed E-state index contributed by atoms with van der Waals surface area (Å²) in [5.74, 6) is 0. The lowest BCUT2D eigenvalue weighted by molar-refractivity contribution is 0.352. The van der Waals surface area contributed by atoms with Crippen LogP contribution in [-0.2, 0) is 0 Å². The first kappa shape index (κ1) is 23.6. The Morgan fingerprint density at radius 1 is 0.621 bits per heavy atom. The molecule has 0 radical (unpaired) electrons. The highest BCUT2D eigenvalue weighted by atomic mass is 15.4. The molecule has 2 rings (SSSR count). The Morgan fingerprint density at radius 2 is 1.07 bits per heavy atom. The van der Waals surface area contributed by atoms with Crippen molar-refractivity contribution in [2.24, 2.45) is 0 Å². The second-order valence-electron chi connectivity index (χ2n) is 8.39. The number of hydrazine groups is 1. The molecule has 1 saturated carbocycles. The van der Waals surface area contributed by atoms with Crippen molar-refractivity contribution >= 4 is 0 Å². The molecule has 0 spiro atoms. The fourth-order valence-corrected chi connectivity index (χ4v) is 3.94. The maximum Gasteiger partial charge on any atom is 0.0434 e. The van der Waals surface area contributed by atoms with Gasteiger partial charge in [0.1, 0.15) is 0 Å². The van der Waals surface area contributed by atoms with Crippen LogP contribution in [0.4, 0.5) is 0 Å². The molecule has 1 fully saturated rings. The Balaban J connectivity index is 1.87. The Labute approximate surface area is 179 Å². The van der Waals surface area contributed by atoms with Gasteiger partial charge in [0.05, 0.1) is 0 Å². The van der Waals surface area contributed by atoms with Crippen LogP contribution in [0.5, 0.6) is 0 Å². The van der Waals surface area contributed by atoms with Crippen LogP contribution in [-0.4, -0.2) is 12.1 Å². The first-order valence-corrected chi connectivity index (χ1v) is 11.9. The van der Waals surface area contributed by atoms with Crippen molar-refractivity contribution in [2.75, 3.05) is 0 Å². The maximum atomic E-state index is 3.68. The standard InChI is InChI=1S/C27H42N2/c1-25(26-21-17-13-9-5-4-6-10-14-18-22-26)28-29-27-23-19-15-11-7-2-3-8-12-16-20-24-27/h4-6,9-10,13-14,17-18,21-22,25,27-29H,2-3,7-8,11-12,15-16,19-20,23-24H2,1H3/b5-4-,6-4?,9-5?,10-6-,13-9-,14-10?,17-13?,18-14-,21-17-,22-18?,26-21?,26-22+. The van der Waals surface area contributed by atoms with E-state index in [1.165, 1.54) is 82.6 Å². The molecular weight excluding hydrogens is 352 g/mol. The molecule has 1 atom stereocenters. The van der Waals surface area contributed by atoms with E-state index in [1.807, 2.05) is 6.08 Å². The van der Waals surface area contributed by atoms with Gasteiger partial charge in [0.25, 0.3) is 0 Å². The monoisotopic (exact) mass is 394 g/mol. The summed E-state index contributed by atoms with van der Waals surface area (Å²) in [4.78, 5) is 0. The predicted molar refractivity (Wildman–Crippen MR) is 129 cm³/mol. The lowest BCUT2D eigenvalue weighted by atomic mass is 10.0. The van der Waals surface area contributed by atoms with E-state index in [9.17, 15) is 0 Å². The van der Waals surface area contributed by atoms with Crippen molar-refractivity contribution in [3.05, 3.63) is 72.4 Å². The van der Waals surface area contributed by atoms with Gasteiger partial charge in [-0.2, -0.15) is 0 Å². The van der Waals surface area contributed by atoms with Crippen LogP contribution < -0.4 is 10.9 Å². The summed E-state index contributed by atoms with van der Waals surface area (Å²) in [6.45, 7) is 2.24. The van der Waals surface area contributed by atoms with Gasteiger partial charge in [-0.15, -0.1) is 0 Å². The zero-order valence-corrected chi connectivity index (χ0v) is 18.5. The first-order valence-electron chi connectivity index (χ1n) is 11.9. The second kappa shape index (κ2) is 16.2. The van der Waals surface area contributed by atoms with Gasteiger partial charge in [-0.05, 0) is 25.3 Å². The topological polar surface area (TPSA) is 24.1 Å². The lowest BCUT2D eigenvalue weighted by Gasteiger charge is -2.23. The van der Waals surface area contributed by atoms with Crippen LogP contribution in [0.2, 0.25) is 0 Å². The van der Waals surface area contributed by atoms with Crippen LogP contribution in [0.3, 0.4) is 0 Å². The minimum atomic E-state index is 0.261. The Kier molecular flexibility index (Phi) is 13.2. The normalized spacial score (nSPS) is 29.2. The van der Waals surface area contributed by atoms with Crippen molar-refractivity contribution in [2.45, 2.75) is 96.1 Å². The molecule has 0 amide bonds. The predicted octanol–water partition coefficient (Wildman–Crippen LogP) is 7.25. The molecule has 0 heterocycles. The van der Waals surface area contributed by atoms with Gasteiger partial charge in [0, 0.05) is 12.1 Å². The molecule has 1 unspecified atom stereocenters. The van der Waals surface area contributed by atoms with Gasteiger partial charge in [-0.3, -0.25) is 10.9 Å². The molecule has 2 aliphatic rings. The molecule has 0 saturated heterocycles. The number of allylic oxidation sites excluding steroid dienone is 10. The van der Waals surface area contributed by atoms with Crippen molar-refractivity contribution in [1.82, 2.24) is 10.9 Å². The number of hydrogen-bond acceptors (Lipinski definition) is 2. The van der Waals surface area contributed by atoms with Crippen molar-refractivity contribution < 1.29 is 0 Å². The van der Waals surface area contributed by atoms with E-state index in [0.29, 0.717) is 6.04 Å². The summed E-state index contributed by atoms with van der Waals surface area (Å²) in [5.41, 5.74) is 8.56. The highest BCUT2D eigenvalue weighted by Crippen LogP contribution is 2.17. The highest BCUT2D eigenvalue weighted by molar-refractivity contribution is 5.32. The molecule has 0 aliphatic heterocycles. The van der Waals surface area contributed by atoms with E-state index < -0.39 is 0 Å². The third-order valence-corrected chi connectivity index (χ3v) is 5.83. The fourth-order valence-electron chi connectivity index (χ4n) is 3.94. The van der Waals surface area contributed by atoms with Crippen LogP contribution in [0.1, 0.15) is 84.0 Å². The van der Waals surface area contributed by atoms with Crippen molar-refractivity contribution in [3.63, 3.8) is 0 Å². The molecule has 0 bridgehead atoms. The van der Waals surface area contributed by atoms with Crippen LogP contribution in [0.15, 0.2) is 72.4 Å². The third-order valence-electron chi connectivity index (χ3n) is 5.83. The summed E-state index contributed by atoms with van der Waals surface area (Å²) in [6, 6.07) is 0.842. The molecule has 2 aliphatic carbocycles. The lowest BCUT2D eigenvalue weighted by Crippen LogP contribution is -2.46. The average Bonchev–Trinajstić information content (AvgIpc) is 2.74. The minimum absolute atomic E-state index is 0.261. The smallest absolute Gasteiger partial charge is 0.0434 e. The molecule has 2 nitrogen and oxygen atoms in total. The summed E-state index contributed by atoms with van der Waals surface area (Å²) >= 11 is 0. The molecule has 2 heteroatoms. The molecular formula is C27H42N2. The Morgan fingerprint density at radius 3 is 1.62 bits per heavy atom. The zero-order chi connectivity index (χ0) is 20.4. The SMILES string of the molecule is CC(NNC1CCCCCCCCCCCC1)C1=C/C=C\C=C/C=C\C=C/C=C\1. The molecule has 0 aromatic heterocycles. The largest absolute Gasteiger partial charge is 0.254 e. The van der Waals surface area contributed by atoms with Gasteiger partial charge in [-0.25, -0.2) is 0 Å². The van der Waals surface area contributed by atoms with E-state index >= 15 is 0 Å². The zero-order valence-electron chi connectivity index (χ0n) is 18.5. The number of hydrogen-bond donors (Lipinski definition) is 2. The summed E-state index contributed by atoms with van der Waals surface area (Å²) < 4.78 is 0.